The first-order valence-electron chi connectivity index (χ1n) is 12.3. The summed E-state index contributed by atoms with van der Waals surface area (Å²) in [6.45, 7) is 3.38. The van der Waals surface area contributed by atoms with Gasteiger partial charge in [0.1, 0.15) is 5.82 Å². The number of carbonyl (C=O) groups excluding carboxylic acids is 1. The van der Waals surface area contributed by atoms with Crippen LogP contribution in [-0.2, 0) is 21.5 Å². The Kier molecular flexibility index (Phi) is 8.38. The number of aryl methyl sites for hydroxylation is 1. The molecule has 1 saturated carbocycles. The number of amides is 1. The number of carbonyl (C=O) groups is 1. The van der Waals surface area contributed by atoms with E-state index in [1.54, 1.807) is 13.8 Å². The molecule has 8 nitrogen and oxygen atoms in total. The largest absolute Gasteiger partial charge is 0.350 e. The van der Waals surface area contributed by atoms with Gasteiger partial charge in [-0.15, -0.1) is 0 Å². The van der Waals surface area contributed by atoms with Crippen LogP contribution in [0.1, 0.15) is 53.2 Å². The molecule has 214 valence electrons. The van der Waals surface area contributed by atoms with Crippen molar-refractivity contribution < 1.29 is 35.6 Å². The third-order valence-electron chi connectivity index (χ3n) is 6.65. The number of hydrogen-bond acceptors (Lipinski definition) is 5. The van der Waals surface area contributed by atoms with Crippen LogP contribution in [-0.4, -0.2) is 27.0 Å². The number of benzene rings is 3. The van der Waals surface area contributed by atoms with Crippen molar-refractivity contribution in [3.63, 3.8) is 0 Å². The lowest BCUT2D eigenvalue weighted by Crippen LogP contribution is -2.52. The Morgan fingerprint density at radius 3 is 2.33 bits per heavy atom. The quantitative estimate of drug-likeness (QED) is 0.191. The summed E-state index contributed by atoms with van der Waals surface area (Å²) in [6.07, 6.45) is 1.61. The molecule has 1 amide bonds. The molecular formula is C27H28F4N4O4S. The molecule has 0 spiro atoms. The lowest BCUT2D eigenvalue weighted by Gasteiger charge is -2.38. The normalized spacial score (nSPS) is 14.4. The van der Waals surface area contributed by atoms with Crippen molar-refractivity contribution in [3.8, 4) is 0 Å². The lowest BCUT2D eigenvalue weighted by atomic mass is 9.80. The minimum absolute atomic E-state index is 0.170. The van der Waals surface area contributed by atoms with E-state index in [1.807, 2.05) is 5.48 Å². The molecule has 3 aromatic carbocycles. The molecule has 13 heteroatoms. The number of nitrogens with one attached hydrogen (secondary N) is 4. The molecular weight excluding hydrogens is 552 g/mol. The van der Waals surface area contributed by atoms with Crippen molar-refractivity contribution in [2.24, 2.45) is 0 Å². The SMILES string of the molecule is CONC(=O)c1cc(Cc2cccc(NS(=O)(=O)NC3(C)CCC3)c2F)c(F)c(F)c1Nc1ccc(C)cc1F. The second-order valence-electron chi connectivity index (χ2n) is 9.91. The van der Waals surface area contributed by atoms with Crippen LogP contribution in [0, 0.1) is 30.2 Å². The van der Waals surface area contributed by atoms with Crippen molar-refractivity contribution in [2.45, 2.75) is 45.1 Å². The van der Waals surface area contributed by atoms with E-state index >= 15 is 13.2 Å². The minimum atomic E-state index is -4.13. The van der Waals surface area contributed by atoms with Crippen molar-refractivity contribution in [1.82, 2.24) is 10.2 Å². The van der Waals surface area contributed by atoms with Crippen LogP contribution in [0.3, 0.4) is 0 Å². The molecule has 0 saturated heterocycles. The van der Waals surface area contributed by atoms with E-state index in [2.05, 4.69) is 19.6 Å². The summed E-state index contributed by atoms with van der Waals surface area (Å²) >= 11 is 0. The molecule has 0 bridgehead atoms. The second-order valence-corrected chi connectivity index (χ2v) is 11.3. The fourth-order valence-corrected chi connectivity index (χ4v) is 5.77. The van der Waals surface area contributed by atoms with E-state index < -0.39 is 68.2 Å². The molecule has 0 aromatic heterocycles. The van der Waals surface area contributed by atoms with Crippen LogP contribution >= 0.6 is 0 Å². The number of halogens is 4. The zero-order chi connectivity index (χ0) is 29.2. The van der Waals surface area contributed by atoms with E-state index in [4.69, 9.17) is 0 Å². The van der Waals surface area contributed by atoms with Gasteiger partial charge < -0.3 is 5.32 Å². The molecule has 1 fully saturated rings. The Labute approximate surface area is 229 Å². The van der Waals surface area contributed by atoms with Gasteiger partial charge in [-0.25, -0.2) is 23.0 Å². The molecule has 1 aliphatic carbocycles. The molecule has 1 aliphatic rings. The predicted octanol–water partition coefficient (Wildman–Crippen LogP) is 5.37. The standard InChI is InChI=1S/C27H28F4N4O4S/c1-15-8-9-20(19(28)12-15)32-25-18(26(36)33-39-3)14-17(23(30)24(25)31)13-16-6-4-7-21(22(16)29)34-40(37,38)35-27(2)10-5-11-27/h4,6-9,12,14,32,34-35H,5,10-11,13H2,1-3H3,(H,33,36). The van der Waals surface area contributed by atoms with Gasteiger partial charge in [0.25, 0.3) is 16.1 Å². The maximum absolute atomic E-state index is 15.3. The summed E-state index contributed by atoms with van der Waals surface area (Å²) < 4.78 is 90.1. The third-order valence-corrected chi connectivity index (χ3v) is 7.90. The average Bonchev–Trinajstić information content (AvgIpc) is 2.86. The fraction of sp³-hybridized carbons (Fsp3) is 0.296. The van der Waals surface area contributed by atoms with E-state index in [-0.39, 0.29) is 16.9 Å². The van der Waals surface area contributed by atoms with Crippen molar-refractivity contribution in [3.05, 3.63) is 88.0 Å². The molecule has 0 atom stereocenters. The topological polar surface area (TPSA) is 109 Å². The summed E-state index contributed by atoms with van der Waals surface area (Å²) in [5.74, 6) is -5.65. The molecule has 0 heterocycles. The highest BCUT2D eigenvalue weighted by atomic mass is 32.2. The highest BCUT2D eigenvalue weighted by Crippen LogP contribution is 2.34. The maximum atomic E-state index is 15.3. The summed E-state index contributed by atoms with van der Waals surface area (Å²) in [5.41, 5.74) is -0.312. The molecule has 4 N–H and O–H groups in total. The van der Waals surface area contributed by atoms with Crippen LogP contribution in [0.4, 0.5) is 34.6 Å². The van der Waals surface area contributed by atoms with Crippen LogP contribution in [0.2, 0.25) is 0 Å². The summed E-state index contributed by atoms with van der Waals surface area (Å²) in [6, 6.07) is 8.81. The Morgan fingerprint density at radius 2 is 1.70 bits per heavy atom. The monoisotopic (exact) mass is 580 g/mol. The number of anilines is 3. The Hall–Kier alpha value is -3.68. The average molecular weight is 581 g/mol. The smallest absolute Gasteiger partial charge is 0.299 e. The van der Waals surface area contributed by atoms with Crippen molar-refractivity contribution in [2.75, 3.05) is 17.1 Å². The van der Waals surface area contributed by atoms with Crippen LogP contribution in [0.5, 0.6) is 0 Å². The molecule has 4 rings (SSSR count). The fourth-order valence-electron chi connectivity index (χ4n) is 4.42. The van der Waals surface area contributed by atoms with E-state index in [1.165, 1.54) is 36.4 Å². The van der Waals surface area contributed by atoms with E-state index in [9.17, 15) is 17.6 Å². The van der Waals surface area contributed by atoms with Crippen LogP contribution in [0.15, 0.2) is 42.5 Å². The molecule has 3 aromatic rings. The molecule has 40 heavy (non-hydrogen) atoms. The number of rotatable bonds is 10. The summed E-state index contributed by atoms with van der Waals surface area (Å²) in [5, 5.41) is 2.42. The van der Waals surface area contributed by atoms with Gasteiger partial charge in [0.2, 0.25) is 0 Å². The number of hydrogen-bond donors (Lipinski definition) is 4. The van der Waals surface area contributed by atoms with Gasteiger partial charge in [-0.2, -0.15) is 13.1 Å². The van der Waals surface area contributed by atoms with Gasteiger partial charge in [0.05, 0.1) is 29.7 Å². The van der Waals surface area contributed by atoms with Gasteiger partial charge in [-0.05, 0) is 74.1 Å². The number of hydroxylamine groups is 1. The predicted molar refractivity (Wildman–Crippen MR) is 142 cm³/mol. The molecule has 0 aliphatic heterocycles. The van der Waals surface area contributed by atoms with E-state index in [0.29, 0.717) is 18.4 Å². The van der Waals surface area contributed by atoms with Gasteiger partial charge in [-0.1, -0.05) is 18.2 Å². The van der Waals surface area contributed by atoms with E-state index in [0.717, 1.165) is 19.6 Å². The zero-order valence-corrected chi connectivity index (χ0v) is 22.7. The van der Waals surface area contributed by atoms with Crippen LogP contribution in [0.25, 0.3) is 0 Å². The molecule has 0 unspecified atom stereocenters. The Morgan fingerprint density at radius 1 is 0.975 bits per heavy atom. The minimum Gasteiger partial charge on any atom is -0.350 e. The van der Waals surface area contributed by atoms with Crippen molar-refractivity contribution in [1.29, 1.82) is 0 Å². The Balaban J connectivity index is 1.68. The van der Waals surface area contributed by atoms with Gasteiger partial charge in [-0.3, -0.25) is 14.4 Å². The van der Waals surface area contributed by atoms with Gasteiger partial charge >= 0.3 is 0 Å². The second kappa shape index (κ2) is 11.4. The molecule has 0 radical (unpaired) electrons. The third kappa shape index (κ3) is 6.37. The van der Waals surface area contributed by atoms with Gasteiger partial charge in [0, 0.05) is 12.0 Å². The zero-order valence-electron chi connectivity index (χ0n) is 21.9. The van der Waals surface area contributed by atoms with Gasteiger partial charge in [0.15, 0.2) is 17.5 Å². The maximum Gasteiger partial charge on any atom is 0.299 e. The Bertz CT molecular complexity index is 1560. The summed E-state index contributed by atoms with van der Waals surface area (Å²) in [4.78, 5) is 17.3. The highest BCUT2D eigenvalue weighted by Gasteiger charge is 2.36. The first-order chi connectivity index (χ1) is 18.8. The van der Waals surface area contributed by atoms with Crippen molar-refractivity contribution >= 4 is 33.2 Å². The summed E-state index contributed by atoms with van der Waals surface area (Å²) in [7, 11) is -2.99. The lowest BCUT2D eigenvalue weighted by molar-refractivity contribution is 0.0538. The first kappa shape index (κ1) is 29.3. The van der Waals surface area contributed by atoms with Crippen LogP contribution < -0.4 is 20.2 Å². The highest BCUT2D eigenvalue weighted by molar-refractivity contribution is 7.90. The first-order valence-corrected chi connectivity index (χ1v) is 13.8.